The van der Waals surface area contributed by atoms with Crippen molar-refractivity contribution in [2.24, 2.45) is 5.41 Å². The van der Waals surface area contributed by atoms with Crippen LogP contribution < -0.4 is 5.32 Å². The van der Waals surface area contributed by atoms with Crippen LogP contribution >= 0.6 is 15.9 Å². The molecule has 0 saturated carbocycles. The van der Waals surface area contributed by atoms with Crippen molar-refractivity contribution in [3.05, 3.63) is 0 Å². The van der Waals surface area contributed by atoms with Crippen LogP contribution in [-0.2, 0) is 14.3 Å². The molecule has 0 aliphatic carbocycles. The topological polar surface area (TPSA) is 64.6 Å². The Morgan fingerprint density at radius 3 is 2.56 bits per heavy atom. The number of hydrogen-bond acceptors (Lipinski definition) is 4. The molecule has 1 amide bonds. The maximum Gasteiger partial charge on any atom is 0.406 e. The number of alkyl halides is 1. The normalized spacial score (nSPS) is 18.9. The Hall–Kier alpha value is -0.620. The van der Waals surface area contributed by atoms with E-state index in [4.69, 9.17) is 4.74 Å². The third kappa shape index (κ3) is 3.18. The van der Waals surface area contributed by atoms with E-state index in [2.05, 4.69) is 26.0 Å². The van der Waals surface area contributed by atoms with Crippen molar-refractivity contribution in [1.29, 1.82) is 0 Å². The predicted octanol–water partition coefficient (Wildman–Crippen LogP) is 1.10. The minimum Gasteiger partial charge on any atom is -0.453 e. The molecule has 6 heteroatoms. The molecule has 0 radical (unpaired) electrons. The number of ether oxygens (including phenoxy) is 2. The smallest absolute Gasteiger partial charge is 0.406 e. The summed E-state index contributed by atoms with van der Waals surface area (Å²) in [6.07, 6.45) is 0.774. The molecule has 5 nitrogen and oxygen atoms in total. The summed E-state index contributed by atoms with van der Waals surface area (Å²) in [5, 5.41) is 2.90. The lowest BCUT2D eigenvalue weighted by atomic mass is 9.77. The number of carbonyl (C=O) groups is 2. The molecule has 0 aromatic carbocycles. The van der Waals surface area contributed by atoms with E-state index in [-0.39, 0.29) is 5.78 Å². The van der Waals surface area contributed by atoms with Crippen molar-refractivity contribution in [3.8, 4) is 0 Å². The number of alkyl carbamates (subject to hydrolysis) is 1. The molecule has 1 saturated heterocycles. The first kappa shape index (κ1) is 13.4. The quantitative estimate of drug-likeness (QED) is 0.789. The molecule has 1 N–H and O–H groups in total. The fourth-order valence-electron chi connectivity index (χ4n) is 1.77. The zero-order chi connectivity index (χ0) is 12.0. The third-order valence-corrected chi connectivity index (χ3v) is 3.43. The highest BCUT2D eigenvalue weighted by Gasteiger charge is 2.39. The molecular formula is C10H16BrNO4. The van der Waals surface area contributed by atoms with E-state index in [1.54, 1.807) is 0 Å². The first-order valence-corrected chi connectivity index (χ1v) is 6.25. The van der Waals surface area contributed by atoms with Crippen molar-refractivity contribution < 1.29 is 19.1 Å². The standard InChI is InChI=1S/C10H16BrNO4/c1-15-9(14)12-7-10(8(13)6-11)2-4-16-5-3-10/h2-7H2,1H3,(H,12,14). The van der Waals surface area contributed by atoms with Crippen LogP contribution in [0.25, 0.3) is 0 Å². The number of ketones is 1. The summed E-state index contributed by atoms with van der Waals surface area (Å²) >= 11 is 3.18. The first-order chi connectivity index (χ1) is 7.64. The Labute approximate surface area is 103 Å². The Bertz CT molecular complexity index is 264. The maximum atomic E-state index is 11.9. The minimum atomic E-state index is -0.506. The lowest BCUT2D eigenvalue weighted by Crippen LogP contribution is -2.47. The van der Waals surface area contributed by atoms with E-state index >= 15 is 0 Å². The monoisotopic (exact) mass is 293 g/mol. The van der Waals surface area contributed by atoms with Gasteiger partial charge in [0.05, 0.1) is 17.9 Å². The predicted molar refractivity (Wildman–Crippen MR) is 61.7 cm³/mol. The molecule has 0 bridgehead atoms. The fourth-order valence-corrected chi connectivity index (χ4v) is 2.37. The van der Waals surface area contributed by atoms with E-state index in [0.29, 0.717) is 37.9 Å². The minimum absolute atomic E-state index is 0.104. The Kier molecular flexibility index (Phi) is 5.21. The second-order valence-electron chi connectivity index (χ2n) is 3.79. The molecule has 0 unspecified atom stereocenters. The SMILES string of the molecule is COC(=O)NCC1(C(=O)CBr)CCOCC1. The van der Waals surface area contributed by atoms with E-state index < -0.39 is 11.5 Å². The van der Waals surface area contributed by atoms with E-state index in [9.17, 15) is 9.59 Å². The summed E-state index contributed by atoms with van der Waals surface area (Å²) in [7, 11) is 1.30. The van der Waals surface area contributed by atoms with Gasteiger partial charge in [-0.15, -0.1) is 0 Å². The van der Waals surface area contributed by atoms with Gasteiger partial charge >= 0.3 is 6.09 Å². The molecule has 0 spiro atoms. The van der Waals surface area contributed by atoms with E-state index in [1.165, 1.54) is 7.11 Å². The molecule has 0 aromatic heterocycles. The van der Waals surface area contributed by atoms with E-state index in [1.807, 2.05) is 0 Å². The van der Waals surface area contributed by atoms with Gasteiger partial charge in [0.25, 0.3) is 0 Å². The number of halogens is 1. The van der Waals surface area contributed by atoms with Crippen LogP contribution in [0.2, 0.25) is 0 Å². The average molecular weight is 294 g/mol. The van der Waals surface area contributed by atoms with E-state index in [0.717, 1.165) is 0 Å². The summed E-state index contributed by atoms with van der Waals surface area (Å²) in [5.41, 5.74) is -0.504. The van der Waals surface area contributed by atoms with Gasteiger partial charge in [-0.2, -0.15) is 0 Å². The van der Waals surface area contributed by atoms with Crippen molar-refractivity contribution in [2.45, 2.75) is 12.8 Å². The van der Waals surface area contributed by atoms with Crippen LogP contribution in [0.5, 0.6) is 0 Å². The number of methoxy groups -OCH3 is 1. The summed E-state index contributed by atoms with van der Waals surface area (Å²) in [6.45, 7) is 1.43. The van der Waals surface area contributed by atoms with Gasteiger partial charge in [-0.3, -0.25) is 4.79 Å². The molecule has 0 atom stereocenters. The van der Waals surface area contributed by atoms with Gasteiger partial charge in [-0.05, 0) is 12.8 Å². The summed E-state index contributed by atoms with van der Waals surface area (Å²) in [4.78, 5) is 22.9. The van der Waals surface area contributed by atoms with Crippen LogP contribution in [-0.4, -0.2) is 44.1 Å². The third-order valence-electron chi connectivity index (χ3n) is 2.92. The lowest BCUT2D eigenvalue weighted by molar-refractivity contribution is -0.131. The molecule has 92 valence electrons. The van der Waals surface area contributed by atoms with Crippen LogP contribution in [0, 0.1) is 5.41 Å². The average Bonchev–Trinajstić information content (AvgIpc) is 2.36. The van der Waals surface area contributed by atoms with Crippen LogP contribution in [0.1, 0.15) is 12.8 Å². The van der Waals surface area contributed by atoms with Crippen molar-refractivity contribution in [3.63, 3.8) is 0 Å². The van der Waals surface area contributed by atoms with Gasteiger partial charge in [0.1, 0.15) is 0 Å². The summed E-state index contributed by atoms with van der Waals surface area (Å²) in [6, 6.07) is 0. The number of hydrogen-bond donors (Lipinski definition) is 1. The molecule has 1 fully saturated rings. The number of carbonyl (C=O) groups excluding carboxylic acids is 2. The Balaban J connectivity index is 2.63. The number of nitrogens with one attached hydrogen (secondary N) is 1. The first-order valence-electron chi connectivity index (χ1n) is 5.13. The molecule has 1 aliphatic rings. The molecule has 1 aliphatic heterocycles. The van der Waals surface area contributed by atoms with Gasteiger partial charge in [-0.25, -0.2) is 4.79 Å². The maximum absolute atomic E-state index is 11.9. The number of Topliss-reactive ketones (excluding diaryl/α,β-unsaturated/α-hetero) is 1. The molecule has 1 heterocycles. The second kappa shape index (κ2) is 6.20. The fraction of sp³-hybridized carbons (Fsp3) is 0.800. The Morgan fingerprint density at radius 1 is 1.44 bits per heavy atom. The largest absolute Gasteiger partial charge is 0.453 e. The highest BCUT2D eigenvalue weighted by atomic mass is 79.9. The van der Waals surface area contributed by atoms with Gasteiger partial charge in [-0.1, -0.05) is 15.9 Å². The number of rotatable bonds is 4. The molecule has 0 aromatic rings. The second-order valence-corrected chi connectivity index (χ2v) is 4.36. The molecule has 1 rings (SSSR count). The zero-order valence-corrected chi connectivity index (χ0v) is 10.8. The van der Waals surface area contributed by atoms with Crippen molar-refractivity contribution >= 4 is 27.8 Å². The van der Waals surface area contributed by atoms with Crippen molar-refractivity contribution in [2.75, 3.05) is 32.2 Å². The summed E-state index contributed by atoms with van der Waals surface area (Å²) < 4.78 is 9.74. The van der Waals surface area contributed by atoms with Crippen LogP contribution in [0.15, 0.2) is 0 Å². The zero-order valence-electron chi connectivity index (χ0n) is 9.25. The number of amides is 1. The highest BCUT2D eigenvalue weighted by Crippen LogP contribution is 2.31. The van der Waals surface area contributed by atoms with Gasteiger partial charge in [0.15, 0.2) is 5.78 Å². The lowest BCUT2D eigenvalue weighted by Gasteiger charge is -2.35. The van der Waals surface area contributed by atoms with Gasteiger partial charge in [0, 0.05) is 19.8 Å². The highest BCUT2D eigenvalue weighted by molar-refractivity contribution is 9.09. The molecule has 16 heavy (non-hydrogen) atoms. The van der Waals surface area contributed by atoms with Crippen LogP contribution in [0.4, 0.5) is 4.79 Å². The Morgan fingerprint density at radius 2 is 2.06 bits per heavy atom. The van der Waals surface area contributed by atoms with Gasteiger partial charge < -0.3 is 14.8 Å². The van der Waals surface area contributed by atoms with Gasteiger partial charge in [0.2, 0.25) is 0 Å². The van der Waals surface area contributed by atoms with Crippen molar-refractivity contribution in [1.82, 2.24) is 5.32 Å². The van der Waals surface area contributed by atoms with Crippen LogP contribution in [0.3, 0.4) is 0 Å². The molecular weight excluding hydrogens is 278 g/mol. The summed E-state index contributed by atoms with van der Waals surface area (Å²) in [5.74, 6) is 0.104.